The van der Waals surface area contributed by atoms with Crippen molar-refractivity contribution in [2.75, 3.05) is 26.5 Å². The van der Waals surface area contributed by atoms with Crippen LogP contribution >= 0.6 is 22.9 Å². The Morgan fingerprint density at radius 2 is 2.21 bits per heavy atom. The van der Waals surface area contributed by atoms with Gasteiger partial charge in [0, 0.05) is 42.6 Å². The first kappa shape index (κ1) is 12.6. The fourth-order valence-corrected chi connectivity index (χ4v) is 2.88. The first-order valence-corrected chi connectivity index (χ1v) is 7.26. The summed E-state index contributed by atoms with van der Waals surface area (Å²) in [4.78, 5) is 0. The molecule has 1 fully saturated rings. The summed E-state index contributed by atoms with van der Waals surface area (Å²) in [5.74, 6) is 0. The standard InChI is InChI=1S/C7H15IN2O3S/c1-10(14(2,11)12)7-5-13-4-3-6(7)9-8/h6-7,9H,3-5H2,1-2H3. The Labute approximate surface area is 98.7 Å². The van der Waals surface area contributed by atoms with Gasteiger partial charge in [0.2, 0.25) is 10.0 Å². The van der Waals surface area contributed by atoms with Crippen LogP contribution in [0.4, 0.5) is 0 Å². The molecule has 7 heteroatoms. The van der Waals surface area contributed by atoms with Crippen molar-refractivity contribution in [3.63, 3.8) is 0 Å². The van der Waals surface area contributed by atoms with Gasteiger partial charge in [-0.1, -0.05) is 0 Å². The summed E-state index contributed by atoms with van der Waals surface area (Å²) in [6.07, 6.45) is 2.05. The van der Waals surface area contributed by atoms with E-state index in [-0.39, 0.29) is 12.1 Å². The van der Waals surface area contributed by atoms with Crippen molar-refractivity contribution < 1.29 is 13.2 Å². The molecule has 0 aromatic carbocycles. The predicted octanol–water partition coefficient (Wildman–Crippen LogP) is -0.0251. The van der Waals surface area contributed by atoms with Crippen LogP contribution in [0.1, 0.15) is 6.42 Å². The number of sulfonamides is 1. The number of hydrogen-bond donors (Lipinski definition) is 1. The first-order chi connectivity index (χ1) is 6.46. The minimum Gasteiger partial charge on any atom is -0.380 e. The molecule has 1 rings (SSSR count). The molecule has 1 aliphatic rings. The van der Waals surface area contributed by atoms with Crippen molar-refractivity contribution in [3.8, 4) is 0 Å². The number of likely N-dealkylation sites (N-methyl/N-ethyl adjacent to an activating group) is 1. The van der Waals surface area contributed by atoms with Crippen LogP contribution in [0.25, 0.3) is 0 Å². The largest absolute Gasteiger partial charge is 0.380 e. The second-order valence-electron chi connectivity index (χ2n) is 3.43. The molecule has 2 atom stereocenters. The number of ether oxygens (including phenoxy) is 1. The number of rotatable bonds is 3. The Hall–Kier alpha value is 0.560. The minimum atomic E-state index is -3.14. The average Bonchev–Trinajstić information content (AvgIpc) is 2.15. The summed E-state index contributed by atoms with van der Waals surface area (Å²) in [5.41, 5.74) is 0. The van der Waals surface area contributed by atoms with Gasteiger partial charge in [-0.25, -0.2) is 8.42 Å². The second kappa shape index (κ2) is 5.06. The van der Waals surface area contributed by atoms with Crippen LogP contribution in [-0.2, 0) is 14.8 Å². The highest BCUT2D eigenvalue weighted by atomic mass is 127. The Kier molecular flexibility index (Phi) is 4.56. The molecule has 1 heterocycles. The van der Waals surface area contributed by atoms with Gasteiger partial charge in [-0.15, -0.1) is 0 Å². The van der Waals surface area contributed by atoms with Crippen molar-refractivity contribution in [2.45, 2.75) is 18.5 Å². The molecule has 0 radical (unpaired) electrons. The molecule has 1 saturated heterocycles. The maximum Gasteiger partial charge on any atom is 0.211 e. The Balaban J connectivity index is 2.73. The third-order valence-electron chi connectivity index (χ3n) is 2.46. The highest BCUT2D eigenvalue weighted by Crippen LogP contribution is 2.16. The first-order valence-electron chi connectivity index (χ1n) is 4.33. The van der Waals surface area contributed by atoms with E-state index in [9.17, 15) is 8.42 Å². The van der Waals surface area contributed by atoms with E-state index in [0.717, 1.165) is 6.42 Å². The summed E-state index contributed by atoms with van der Waals surface area (Å²) >= 11 is 2.06. The van der Waals surface area contributed by atoms with Crippen LogP contribution in [-0.4, -0.2) is 51.3 Å². The summed E-state index contributed by atoms with van der Waals surface area (Å²) in [5, 5.41) is 0. The van der Waals surface area contributed by atoms with Crippen LogP contribution in [0.15, 0.2) is 0 Å². The van der Waals surface area contributed by atoms with Gasteiger partial charge in [-0.05, 0) is 6.42 Å². The van der Waals surface area contributed by atoms with Gasteiger partial charge < -0.3 is 4.74 Å². The highest BCUT2D eigenvalue weighted by molar-refractivity contribution is 14.1. The van der Waals surface area contributed by atoms with E-state index in [0.29, 0.717) is 13.2 Å². The Bertz CT molecular complexity index is 283. The molecule has 0 amide bonds. The minimum absolute atomic E-state index is 0.101. The molecule has 14 heavy (non-hydrogen) atoms. The molecule has 5 nitrogen and oxygen atoms in total. The molecular formula is C7H15IN2O3S. The van der Waals surface area contributed by atoms with Crippen molar-refractivity contribution in [3.05, 3.63) is 0 Å². The summed E-state index contributed by atoms with van der Waals surface area (Å²) in [6.45, 7) is 1.15. The van der Waals surface area contributed by atoms with Crippen LogP contribution in [0.5, 0.6) is 0 Å². The van der Waals surface area contributed by atoms with E-state index in [1.54, 1.807) is 7.05 Å². The van der Waals surface area contributed by atoms with Crippen molar-refractivity contribution in [2.24, 2.45) is 0 Å². The number of hydrogen-bond acceptors (Lipinski definition) is 4. The van der Waals surface area contributed by atoms with Gasteiger partial charge in [0.25, 0.3) is 0 Å². The second-order valence-corrected chi connectivity index (χ2v) is 6.09. The lowest BCUT2D eigenvalue weighted by Gasteiger charge is -2.35. The third-order valence-corrected chi connectivity index (χ3v) is 4.57. The smallest absolute Gasteiger partial charge is 0.211 e. The van der Waals surface area contributed by atoms with E-state index in [2.05, 4.69) is 26.4 Å². The molecular weight excluding hydrogens is 319 g/mol. The number of nitrogens with one attached hydrogen (secondary N) is 1. The average molecular weight is 334 g/mol. The molecule has 0 aromatic heterocycles. The predicted molar refractivity (Wildman–Crippen MR) is 62.8 cm³/mol. The summed E-state index contributed by atoms with van der Waals surface area (Å²) in [7, 11) is -1.54. The van der Waals surface area contributed by atoms with Crippen LogP contribution in [0, 0.1) is 0 Å². The Morgan fingerprint density at radius 1 is 1.57 bits per heavy atom. The van der Waals surface area contributed by atoms with Crippen molar-refractivity contribution in [1.29, 1.82) is 0 Å². The maximum absolute atomic E-state index is 11.3. The topological polar surface area (TPSA) is 58.6 Å². The molecule has 0 saturated carbocycles. The monoisotopic (exact) mass is 334 g/mol. The van der Waals surface area contributed by atoms with E-state index < -0.39 is 10.0 Å². The van der Waals surface area contributed by atoms with Gasteiger partial charge in [0.1, 0.15) is 0 Å². The molecule has 1 aliphatic heterocycles. The lowest BCUT2D eigenvalue weighted by atomic mass is 10.1. The molecule has 1 N–H and O–H groups in total. The van der Waals surface area contributed by atoms with Crippen molar-refractivity contribution in [1.82, 2.24) is 7.84 Å². The molecule has 0 spiro atoms. The fraction of sp³-hybridized carbons (Fsp3) is 1.00. The maximum atomic E-state index is 11.3. The lowest BCUT2D eigenvalue weighted by molar-refractivity contribution is 0.0370. The van der Waals surface area contributed by atoms with Crippen LogP contribution in [0.3, 0.4) is 0 Å². The van der Waals surface area contributed by atoms with E-state index >= 15 is 0 Å². The van der Waals surface area contributed by atoms with Gasteiger partial charge in [-0.2, -0.15) is 4.31 Å². The van der Waals surface area contributed by atoms with Crippen molar-refractivity contribution >= 4 is 32.9 Å². The third kappa shape index (κ3) is 3.02. The Morgan fingerprint density at radius 3 is 2.71 bits per heavy atom. The molecule has 0 aliphatic carbocycles. The fourth-order valence-electron chi connectivity index (χ4n) is 1.45. The molecule has 2 unspecified atom stereocenters. The van der Waals surface area contributed by atoms with Gasteiger partial charge >= 0.3 is 0 Å². The van der Waals surface area contributed by atoms with Crippen LogP contribution < -0.4 is 3.53 Å². The number of halogens is 1. The van der Waals surface area contributed by atoms with Gasteiger partial charge in [0.05, 0.1) is 18.9 Å². The van der Waals surface area contributed by atoms with Gasteiger partial charge in [0.15, 0.2) is 0 Å². The molecule has 0 aromatic rings. The van der Waals surface area contributed by atoms with Crippen LogP contribution in [0.2, 0.25) is 0 Å². The quantitative estimate of drug-likeness (QED) is 0.582. The number of nitrogens with zero attached hydrogens (tertiary/aromatic N) is 1. The molecule has 84 valence electrons. The van der Waals surface area contributed by atoms with E-state index in [1.807, 2.05) is 0 Å². The summed E-state index contributed by atoms with van der Waals surface area (Å²) < 4.78 is 32.4. The summed E-state index contributed by atoms with van der Waals surface area (Å²) in [6, 6.07) is 0.0692. The van der Waals surface area contributed by atoms with E-state index in [4.69, 9.17) is 4.74 Å². The zero-order valence-electron chi connectivity index (χ0n) is 8.23. The lowest BCUT2D eigenvalue weighted by Crippen LogP contribution is -2.53. The normalized spacial score (nSPS) is 29.4. The van der Waals surface area contributed by atoms with E-state index in [1.165, 1.54) is 10.6 Å². The molecule has 0 bridgehead atoms. The van der Waals surface area contributed by atoms with Gasteiger partial charge in [-0.3, -0.25) is 3.53 Å². The zero-order chi connectivity index (χ0) is 10.8. The highest BCUT2D eigenvalue weighted by Gasteiger charge is 2.32. The zero-order valence-corrected chi connectivity index (χ0v) is 11.2. The SMILES string of the molecule is CN(C1COCCC1NI)S(C)(=O)=O.